The van der Waals surface area contributed by atoms with Gasteiger partial charge in [-0.3, -0.25) is 0 Å². The Kier molecular flexibility index (Phi) is 6.68. The maximum atomic E-state index is 5.24. The highest BCUT2D eigenvalue weighted by molar-refractivity contribution is 5.71. The highest BCUT2D eigenvalue weighted by Gasteiger charge is 2.06. The molecule has 2 aromatic rings. The SMILES string of the molecule is CC=C(CCC(=CC)c1ccc(OC)cc1)c1ccc(OC)cc1. The molecule has 0 unspecified atom stereocenters. The topological polar surface area (TPSA) is 18.5 Å². The van der Waals surface area contributed by atoms with Gasteiger partial charge in [-0.05, 0) is 73.2 Å². The zero-order valence-electron chi connectivity index (χ0n) is 15.0. The van der Waals surface area contributed by atoms with Crippen LogP contribution in [-0.4, -0.2) is 14.2 Å². The van der Waals surface area contributed by atoms with Gasteiger partial charge in [-0.15, -0.1) is 0 Å². The summed E-state index contributed by atoms with van der Waals surface area (Å²) in [6, 6.07) is 16.5. The van der Waals surface area contributed by atoms with Gasteiger partial charge < -0.3 is 9.47 Å². The standard InChI is InChI=1S/C22H26O2/c1-5-17(19-9-13-21(23-3)14-10-19)7-8-18(6-2)20-11-15-22(24-4)16-12-20/h5-6,9-16H,7-8H2,1-4H3. The van der Waals surface area contributed by atoms with E-state index in [0.29, 0.717) is 0 Å². The zero-order valence-corrected chi connectivity index (χ0v) is 15.0. The van der Waals surface area contributed by atoms with E-state index in [1.54, 1.807) is 14.2 Å². The predicted molar refractivity (Wildman–Crippen MR) is 103 cm³/mol. The molecule has 0 aliphatic carbocycles. The summed E-state index contributed by atoms with van der Waals surface area (Å²) >= 11 is 0. The number of ether oxygens (including phenoxy) is 2. The molecule has 0 bridgehead atoms. The predicted octanol–water partition coefficient (Wildman–Crippen LogP) is 5.99. The average molecular weight is 322 g/mol. The Morgan fingerprint density at radius 2 is 1.00 bits per heavy atom. The van der Waals surface area contributed by atoms with Crippen LogP contribution in [0.1, 0.15) is 37.8 Å². The molecule has 2 heteroatoms. The molecule has 2 rings (SSSR count). The van der Waals surface area contributed by atoms with Gasteiger partial charge in [0.1, 0.15) is 11.5 Å². The Bertz CT molecular complexity index is 628. The van der Waals surface area contributed by atoms with Crippen LogP contribution in [0, 0.1) is 0 Å². The van der Waals surface area contributed by atoms with Crippen molar-refractivity contribution in [3.63, 3.8) is 0 Å². The molecule has 0 aliphatic rings. The van der Waals surface area contributed by atoms with Crippen molar-refractivity contribution in [3.8, 4) is 11.5 Å². The molecule has 2 aromatic carbocycles. The molecule has 0 aliphatic heterocycles. The van der Waals surface area contributed by atoms with Crippen LogP contribution in [-0.2, 0) is 0 Å². The van der Waals surface area contributed by atoms with Gasteiger partial charge >= 0.3 is 0 Å². The van der Waals surface area contributed by atoms with Crippen LogP contribution in [0.3, 0.4) is 0 Å². The Morgan fingerprint density at radius 3 is 1.25 bits per heavy atom. The summed E-state index contributed by atoms with van der Waals surface area (Å²) in [7, 11) is 3.39. The fourth-order valence-corrected chi connectivity index (χ4v) is 2.79. The first-order valence-electron chi connectivity index (χ1n) is 8.31. The number of benzene rings is 2. The fourth-order valence-electron chi connectivity index (χ4n) is 2.79. The van der Waals surface area contributed by atoms with E-state index in [2.05, 4.69) is 50.3 Å². The monoisotopic (exact) mass is 322 g/mol. The molecule has 0 saturated carbocycles. The Balaban J connectivity index is 2.07. The fraction of sp³-hybridized carbons (Fsp3) is 0.273. The molecule has 0 radical (unpaired) electrons. The van der Waals surface area contributed by atoms with Crippen LogP contribution in [0.15, 0.2) is 60.7 Å². The molecule has 0 atom stereocenters. The first kappa shape index (κ1) is 17.9. The minimum atomic E-state index is 0.890. The molecule has 0 fully saturated rings. The highest BCUT2D eigenvalue weighted by atomic mass is 16.5. The first-order valence-corrected chi connectivity index (χ1v) is 8.31. The summed E-state index contributed by atoms with van der Waals surface area (Å²) in [5.41, 5.74) is 5.21. The van der Waals surface area contributed by atoms with Crippen molar-refractivity contribution in [2.24, 2.45) is 0 Å². The van der Waals surface area contributed by atoms with Crippen molar-refractivity contribution >= 4 is 11.1 Å². The molecule has 24 heavy (non-hydrogen) atoms. The lowest BCUT2D eigenvalue weighted by Gasteiger charge is -2.12. The summed E-state index contributed by atoms with van der Waals surface area (Å²) in [6.45, 7) is 4.20. The number of hydrogen-bond donors (Lipinski definition) is 0. The summed E-state index contributed by atoms with van der Waals surface area (Å²) < 4.78 is 10.5. The summed E-state index contributed by atoms with van der Waals surface area (Å²) in [6.07, 6.45) is 6.41. The van der Waals surface area contributed by atoms with Crippen LogP contribution >= 0.6 is 0 Å². The van der Waals surface area contributed by atoms with Crippen LogP contribution in [0.25, 0.3) is 11.1 Å². The summed E-state index contributed by atoms with van der Waals surface area (Å²) in [4.78, 5) is 0. The molecule has 126 valence electrons. The third-order valence-corrected chi connectivity index (χ3v) is 4.28. The van der Waals surface area contributed by atoms with Crippen molar-refractivity contribution in [1.29, 1.82) is 0 Å². The van der Waals surface area contributed by atoms with Crippen molar-refractivity contribution in [2.75, 3.05) is 14.2 Å². The number of hydrogen-bond acceptors (Lipinski definition) is 2. The zero-order chi connectivity index (χ0) is 17.4. The third kappa shape index (κ3) is 4.51. The van der Waals surface area contributed by atoms with Crippen molar-refractivity contribution in [3.05, 3.63) is 71.8 Å². The summed E-state index contributed by atoms with van der Waals surface area (Å²) in [5, 5.41) is 0. The molecule has 0 heterocycles. The van der Waals surface area contributed by atoms with E-state index in [0.717, 1.165) is 24.3 Å². The van der Waals surface area contributed by atoms with Crippen LogP contribution in [0.2, 0.25) is 0 Å². The second kappa shape index (κ2) is 8.97. The van der Waals surface area contributed by atoms with Crippen LogP contribution in [0.4, 0.5) is 0 Å². The second-order valence-electron chi connectivity index (χ2n) is 5.58. The third-order valence-electron chi connectivity index (χ3n) is 4.28. The Morgan fingerprint density at radius 1 is 0.667 bits per heavy atom. The lowest BCUT2D eigenvalue weighted by atomic mass is 9.94. The molecule has 0 spiro atoms. The van der Waals surface area contributed by atoms with E-state index in [4.69, 9.17) is 9.47 Å². The quantitative estimate of drug-likeness (QED) is 0.623. The van der Waals surface area contributed by atoms with Gasteiger partial charge in [0.05, 0.1) is 14.2 Å². The Hall–Kier alpha value is -2.48. The van der Waals surface area contributed by atoms with Gasteiger partial charge in [0.25, 0.3) is 0 Å². The maximum Gasteiger partial charge on any atom is 0.118 e. The molecular formula is C22H26O2. The van der Waals surface area contributed by atoms with E-state index >= 15 is 0 Å². The lowest BCUT2D eigenvalue weighted by Crippen LogP contribution is -1.90. The molecule has 2 nitrogen and oxygen atoms in total. The van der Waals surface area contributed by atoms with E-state index in [9.17, 15) is 0 Å². The van der Waals surface area contributed by atoms with Gasteiger partial charge in [0, 0.05) is 0 Å². The lowest BCUT2D eigenvalue weighted by molar-refractivity contribution is 0.414. The minimum Gasteiger partial charge on any atom is -0.497 e. The molecule has 0 saturated heterocycles. The normalized spacial score (nSPS) is 12.2. The number of allylic oxidation sites excluding steroid dienone is 4. The van der Waals surface area contributed by atoms with E-state index < -0.39 is 0 Å². The van der Waals surface area contributed by atoms with Crippen LogP contribution in [0.5, 0.6) is 11.5 Å². The van der Waals surface area contributed by atoms with E-state index in [-0.39, 0.29) is 0 Å². The van der Waals surface area contributed by atoms with Crippen molar-refractivity contribution in [1.82, 2.24) is 0 Å². The first-order chi connectivity index (χ1) is 11.7. The highest BCUT2D eigenvalue weighted by Crippen LogP contribution is 2.28. The number of methoxy groups -OCH3 is 2. The second-order valence-corrected chi connectivity index (χ2v) is 5.58. The molecule has 0 N–H and O–H groups in total. The largest absolute Gasteiger partial charge is 0.497 e. The summed E-state index contributed by atoms with van der Waals surface area (Å²) in [5.74, 6) is 1.78. The molecule has 0 amide bonds. The smallest absolute Gasteiger partial charge is 0.118 e. The van der Waals surface area contributed by atoms with Crippen molar-refractivity contribution in [2.45, 2.75) is 26.7 Å². The maximum absolute atomic E-state index is 5.24. The number of rotatable bonds is 7. The van der Waals surface area contributed by atoms with Crippen LogP contribution < -0.4 is 9.47 Å². The van der Waals surface area contributed by atoms with E-state index in [1.807, 2.05) is 24.3 Å². The molecule has 0 aromatic heterocycles. The van der Waals surface area contributed by atoms with Gasteiger partial charge in [-0.2, -0.15) is 0 Å². The minimum absolute atomic E-state index is 0.890. The van der Waals surface area contributed by atoms with Crippen molar-refractivity contribution < 1.29 is 9.47 Å². The van der Waals surface area contributed by atoms with Gasteiger partial charge in [-0.1, -0.05) is 36.4 Å². The van der Waals surface area contributed by atoms with Gasteiger partial charge in [-0.25, -0.2) is 0 Å². The Labute approximate surface area is 145 Å². The van der Waals surface area contributed by atoms with Gasteiger partial charge in [0.2, 0.25) is 0 Å². The van der Waals surface area contributed by atoms with Gasteiger partial charge in [0.15, 0.2) is 0 Å². The molecular weight excluding hydrogens is 296 g/mol. The van der Waals surface area contributed by atoms with E-state index in [1.165, 1.54) is 22.3 Å². The average Bonchev–Trinajstić information content (AvgIpc) is 2.66.